The highest BCUT2D eigenvalue weighted by Crippen LogP contribution is 2.26. The first-order valence-corrected chi connectivity index (χ1v) is 6.61. The van der Waals surface area contributed by atoms with Crippen LogP contribution in [0.3, 0.4) is 0 Å². The van der Waals surface area contributed by atoms with E-state index in [2.05, 4.69) is 10.2 Å². The summed E-state index contributed by atoms with van der Waals surface area (Å²) in [5.74, 6) is -2.36. The first kappa shape index (κ1) is 15.9. The zero-order valence-electron chi connectivity index (χ0n) is 10.8. The largest absolute Gasteiger partial charge is 0.478 e. The molecule has 0 atom stereocenters. The third-order valence-corrected chi connectivity index (χ3v) is 3.30. The molecule has 0 heterocycles. The molecule has 2 aromatic carbocycles. The minimum atomic E-state index is -1.18. The van der Waals surface area contributed by atoms with Crippen molar-refractivity contribution >= 4 is 46.5 Å². The fraction of sp³-hybridized carbons (Fsp3) is 0. The molecule has 2 rings (SSSR count). The van der Waals surface area contributed by atoms with E-state index in [4.69, 9.17) is 33.4 Å². The summed E-state index contributed by atoms with van der Waals surface area (Å²) in [6.07, 6.45) is 0. The molecule has 0 saturated heterocycles. The SMILES string of the molecule is O=C(O)c1cc(N=Nc2ccc(Cl)c(C(=O)O)c2)ccc1Cl. The molecular formula is C14H8Cl2N2O4. The second kappa shape index (κ2) is 6.55. The van der Waals surface area contributed by atoms with Crippen molar-refractivity contribution in [1.29, 1.82) is 0 Å². The maximum atomic E-state index is 11.0. The quantitative estimate of drug-likeness (QED) is 0.781. The van der Waals surface area contributed by atoms with Crippen LogP contribution in [0.1, 0.15) is 20.7 Å². The van der Waals surface area contributed by atoms with Crippen LogP contribution >= 0.6 is 23.2 Å². The van der Waals surface area contributed by atoms with Crippen LogP contribution in [-0.2, 0) is 0 Å². The van der Waals surface area contributed by atoms with Gasteiger partial charge in [-0.3, -0.25) is 0 Å². The second-order valence-corrected chi connectivity index (χ2v) is 4.95. The molecule has 6 nitrogen and oxygen atoms in total. The molecule has 2 N–H and O–H groups in total. The van der Waals surface area contributed by atoms with Gasteiger partial charge in [0.15, 0.2) is 0 Å². The normalized spacial score (nSPS) is 10.8. The van der Waals surface area contributed by atoms with Crippen molar-refractivity contribution in [3.8, 4) is 0 Å². The number of hydrogen-bond donors (Lipinski definition) is 2. The Hall–Kier alpha value is -2.44. The van der Waals surface area contributed by atoms with E-state index < -0.39 is 11.9 Å². The molecule has 0 unspecified atom stereocenters. The molecule has 0 aliphatic heterocycles. The summed E-state index contributed by atoms with van der Waals surface area (Å²) in [5.41, 5.74) is 0.350. The Balaban J connectivity index is 2.33. The number of rotatable bonds is 4. The number of hydrogen-bond acceptors (Lipinski definition) is 4. The van der Waals surface area contributed by atoms with E-state index in [0.29, 0.717) is 0 Å². The molecule has 112 valence electrons. The highest BCUT2D eigenvalue weighted by atomic mass is 35.5. The van der Waals surface area contributed by atoms with E-state index in [1.54, 1.807) is 0 Å². The first-order valence-electron chi connectivity index (χ1n) is 5.86. The lowest BCUT2D eigenvalue weighted by molar-refractivity contribution is 0.0686. The number of benzene rings is 2. The molecule has 8 heteroatoms. The Morgan fingerprint density at radius 1 is 0.773 bits per heavy atom. The predicted molar refractivity (Wildman–Crippen MR) is 81.0 cm³/mol. The number of carboxylic acid groups (broad SMARTS) is 2. The van der Waals surface area contributed by atoms with Gasteiger partial charge in [-0.05, 0) is 36.4 Å². The van der Waals surface area contributed by atoms with Crippen LogP contribution in [0, 0.1) is 0 Å². The van der Waals surface area contributed by atoms with Crippen molar-refractivity contribution in [2.75, 3.05) is 0 Å². The van der Waals surface area contributed by atoms with Gasteiger partial charge in [0.2, 0.25) is 0 Å². The zero-order valence-corrected chi connectivity index (χ0v) is 12.3. The molecule has 0 amide bonds. The lowest BCUT2D eigenvalue weighted by atomic mass is 10.2. The third-order valence-electron chi connectivity index (χ3n) is 2.64. The Morgan fingerprint density at radius 3 is 1.45 bits per heavy atom. The number of nitrogens with zero attached hydrogens (tertiary/aromatic N) is 2. The lowest BCUT2D eigenvalue weighted by Gasteiger charge is -2.01. The second-order valence-electron chi connectivity index (χ2n) is 4.14. The van der Waals surface area contributed by atoms with Crippen molar-refractivity contribution in [2.24, 2.45) is 10.2 Å². The van der Waals surface area contributed by atoms with Crippen molar-refractivity contribution in [1.82, 2.24) is 0 Å². The maximum absolute atomic E-state index is 11.0. The molecule has 0 radical (unpaired) electrons. The Kier molecular flexibility index (Phi) is 4.75. The van der Waals surface area contributed by atoms with Gasteiger partial charge in [-0.2, -0.15) is 10.2 Å². The summed E-state index contributed by atoms with van der Waals surface area (Å²) in [6, 6.07) is 8.30. The van der Waals surface area contributed by atoms with Gasteiger partial charge in [-0.25, -0.2) is 9.59 Å². The number of carbonyl (C=O) groups is 2. The van der Waals surface area contributed by atoms with E-state index >= 15 is 0 Å². The van der Waals surface area contributed by atoms with Crippen LogP contribution < -0.4 is 0 Å². The average Bonchev–Trinajstić information content (AvgIpc) is 2.47. The fourth-order valence-corrected chi connectivity index (χ4v) is 1.99. The van der Waals surface area contributed by atoms with E-state index in [1.165, 1.54) is 36.4 Å². The maximum Gasteiger partial charge on any atom is 0.337 e. The fourth-order valence-electron chi connectivity index (χ4n) is 1.59. The summed E-state index contributed by atoms with van der Waals surface area (Å²) in [4.78, 5) is 21.9. The van der Waals surface area contributed by atoms with E-state index in [9.17, 15) is 9.59 Å². The van der Waals surface area contributed by atoms with Gasteiger partial charge in [-0.15, -0.1) is 0 Å². The summed E-state index contributed by atoms with van der Waals surface area (Å²) in [6.45, 7) is 0. The highest BCUT2D eigenvalue weighted by molar-refractivity contribution is 6.34. The average molecular weight is 339 g/mol. The van der Waals surface area contributed by atoms with Crippen LogP contribution in [0.2, 0.25) is 10.0 Å². The van der Waals surface area contributed by atoms with Gasteiger partial charge in [0.05, 0.1) is 32.5 Å². The van der Waals surface area contributed by atoms with Gasteiger partial charge in [0.1, 0.15) is 0 Å². The van der Waals surface area contributed by atoms with Gasteiger partial charge < -0.3 is 10.2 Å². The minimum Gasteiger partial charge on any atom is -0.478 e. The van der Waals surface area contributed by atoms with Crippen LogP contribution in [-0.4, -0.2) is 22.2 Å². The summed E-state index contributed by atoms with van der Waals surface area (Å²) < 4.78 is 0. The minimum absolute atomic E-state index is 0.0890. The van der Waals surface area contributed by atoms with Crippen LogP contribution in [0.4, 0.5) is 11.4 Å². The molecule has 0 aliphatic rings. The van der Waals surface area contributed by atoms with Crippen molar-refractivity contribution in [3.05, 3.63) is 57.6 Å². The molecule has 2 aromatic rings. The Morgan fingerprint density at radius 2 is 1.14 bits per heavy atom. The summed E-state index contributed by atoms with van der Waals surface area (Å²) >= 11 is 11.5. The first-order chi connectivity index (χ1) is 10.4. The topological polar surface area (TPSA) is 99.3 Å². The molecule has 0 fully saturated rings. The van der Waals surface area contributed by atoms with Gasteiger partial charge in [-0.1, -0.05) is 23.2 Å². The van der Waals surface area contributed by atoms with E-state index in [0.717, 1.165) is 0 Å². The molecule has 0 saturated carbocycles. The van der Waals surface area contributed by atoms with Gasteiger partial charge >= 0.3 is 11.9 Å². The summed E-state index contributed by atoms with van der Waals surface area (Å²) in [5, 5.41) is 25.8. The molecule has 0 aliphatic carbocycles. The van der Waals surface area contributed by atoms with E-state index in [1.807, 2.05) is 0 Å². The zero-order chi connectivity index (χ0) is 16.3. The lowest BCUT2D eigenvalue weighted by Crippen LogP contribution is -1.96. The molecule has 0 aromatic heterocycles. The van der Waals surface area contributed by atoms with E-state index in [-0.39, 0.29) is 32.5 Å². The predicted octanol–water partition coefficient (Wildman–Crippen LogP) is 4.81. The standard InChI is InChI=1S/C14H8Cl2N2O4/c15-11-3-1-7(5-9(11)13(19)20)17-18-8-2-4-12(16)10(6-8)14(21)22/h1-6H,(H,19,20)(H,21,22). The molecule has 0 bridgehead atoms. The highest BCUT2D eigenvalue weighted by Gasteiger charge is 2.10. The number of halogens is 2. The number of carboxylic acids is 2. The Labute approximate surface area is 134 Å². The molecule has 0 spiro atoms. The van der Waals surface area contributed by atoms with Crippen molar-refractivity contribution in [2.45, 2.75) is 0 Å². The van der Waals surface area contributed by atoms with Gasteiger partial charge in [0, 0.05) is 0 Å². The van der Waals surface area contributed by atoms with Crippen LogP contribution in [0.15, 0.2) is 46.6 Å². The van der Waals surface area contributed by atoms with Crippen molar-refractivity contribution < 1.29 is 19.8 Å². The van der Waals surface area contributed by atoms with Gasteiger partial charge in [0.25, 0.3) is 0 Å². The van der Waals surface area contributed by atoms with Crippen LogP contribution in [0.5, 0.6) is 0 Å². The smallest absolute Gasteiger partial charge is 0.337 e. The Bertz CT molecular complexity index is 725. The number of azo groups is 1. The molecule has 22 heavy (non-hydrogen) atoms. The number of aromatic carboxylic acids is 2. The van der Waals surface area contributed by atoms with Crippen molar-refractivity contribution in [3.63, 3.8) is 0 Å². The monoisotopic (exact) mass is 338 g/mol. The molecular weight excluding hydrogens is 331 g/mol. The van der Waals surface area contributed by atoms with Crippen LogP contribution in [0.25, 0.3) is 0 Å². The third kappa shape index (κ3) is 3.60. The summed E-state index contributed by atoms with van der Waals surface area (Å²) in [7, 11) is 0.